The molecule has 0 aliphatic rings. The van der Waals surface area contributed by atoms with Gasteiger partial charge in [0.15, 0.2) is 0 Å². The Morgan fingerprint density at radius 2 is 2.00 bits per heavy atom. The lowest BCUT2D eigenvalue weighted by atomic mass is 10.1. The fourth-order valence-corrected chi connectivity index (χ4v) is 2.42. The predicted molar refractivity (Wildman–Crippen MR) is 58.6 cm³/mol. The number of hydrogen-bond donors (Lipinski definition) is 2. The number of sulfone groups is 1. The highest BCUT2D eigenvalue weighted by Crippen LogP contribution is 2.00. The third-order valence-electron chi connectivity index (χ3n) is 1.91. The molecule has 0 radical (unpaired) electrons. The van der Waals surface area contributed by atoms with E-state index in [9.17, 15) is 13.2 Å². The van der Waals surface area contributed by atoms with Crippen LogP contribution in [-0.2, 0) is 14.6 Å². The number of aliphatic carboxylic acids is 1. The van der Waals surface area contributed by atoms with Gasteiger partial charge < -0.3 is 10.4 Å². The van der Waals surface area contributed by atoms with Gasteiger partial charge in [-0.15, -0.1) is 0 Å². The van der Waals surface area contributed by atoms with E-state index in [0.717, 1.165) is 12.7 Å². The molecule has 0 bridgehead atoms. The lowest BCUT2D eigenvalue weighted by Crippen LogP contribution is -2.44. The van der Waals surface area contributed by atoms with Crippen LogP contribution in [0.15, 0.2) is 0 Å². The summed E-state index contributed by atoms with van der Waals surface area (Å²) in [6.07, 6.45) is 2.39. The summed E-state index contributed by atoms with van der Waals surface area (Å²) in [7, 11) is -3.07. The molecule has 2 N–H and O–H groups in total. The molecule has 0 rings (SSSR count). The van der Waals surface area contributed by atoms with Crippen molar-refractivity contribution in [3.05, 3.63) is 0 Å². The van der Waals surface area contributed by atoms with Crippen molar-refractivity contribution >= 4 is 15.8 Å². The highest BCUT2D eigenvalue weighted by Gasteiger charge is 2.20. The Kier molecular flexibility index (Phi) is 5.82. The van der Waals surface area contributed by atoms with Gasteiger partial charge in [0, 0.05) is 12.3 Å². The minimum atomic E-state index is -3.07. The molecule has 0 amide bonds. The van der Waals surface area contributed by atoms with E-state index in [2.05, 4.69) is 5.32 Å². The Balaban J connectivity index is 4.23. The molecule has 0 aliphatic heterocycles. The third-order valence-corrected chi connectivity index (χ3v) is 3.02. The van der Waals surface area contributed by atoms with Gasteiger partial charge in [-0.25, -0.2) is 8.42 Å². The van der Waals surface area contributed by atoms with E-state index in [1.165, 1.54) is 0 Å². The molecule has 0 aliphatic carbocycles. The standard InChI is InChI=1S/C9H19NO4S/c1-4-5-8(9(11)12)10-7(2)6-15(3,13)14/h7-8,10H,4-6H2,1-3H3,(H,11,12). The molecule has 0 saturated carbocycles. The van der Waals surface area contributed by atoms with Crippen LogP contribution in [0.1, 0.15) is 26.7 Å². The first-order valence-electron chi connectivity index (χ1n) is 4.92. The quantitative estimate of drug-likeness (QED) is 0.663. The van der Waals surface area contributed by atoms with Crippen molar-refractivity contribution in [3.63, 3.8) is 0 Å². The molecule has 15 heavy (non-hydrogen) atoms. The third kappa shape index (κ3) is 7.33. The van der Waals surface area contributed by atoms with Gasteiger partial charge in [-0.2, -0.15) is 0 Å². The summed E-state index contributed by atoms with van der Waals surface area (Å²) in [5.41, 5.74) is 0. The van der Waals surface area contributed by atoms with Gasteiger partial charge in [0.1, 0.15) is 15.9 Å². The highest BCUT2D eigenvalue weighted by molar-refractivity contribution is 7.90. The number of nitrogens with one attached hydrogen (secondary N) is 1. The van der Waals surface area contributed by atoms with E-state index in [1.807, 2.05) is 6.92 Å². The molecule has 2 atom stereocenters. The minimum absolute atomic E-state index is 0.0412. The highest BCUT2D eigenvalue weighted by atomic mass is 32.2. The van der Waals surface area contributed by atoms with Crippen LogP contribution in [-0.4, -0.2) is 43.6 Å². The Morgan fingerprint density at radius 3 is 2.33 bits per heavy atom. The monoisotopic (exact) mass is 237 g/mol. The first-order valence-corrected chi connectivity index (χ1v) is 6.99. The second kappa shape index (κ2) is 6.07. The fourth-order valence-electron chi connectivity index (χ4n) is 1.41. The van der Waals surface area contributed by atoms with Crippen LogP contribution in [0.3, 0.4) is 0 Å². The maximum atomic E-state index is 11.0. The molecule has 6 heteroatoms. The molecule has 0 saturated heterocycles. The molecule has 0 heterocycles. The van der Waals surface area contributed by atoms with E-state index in [0.29, 0.717) is 6.42 Å². The van der Waals surface area contributed by atoms with Crippen LogP contribution >= 0.6 is 0 Å². The molecule has 0 aromatic rings. The van der Waals surface area contributed by atoms with Gasteiger partial charge in [-0.3, -0.25) is 4.79 Å². The van der Waals surface area contributed by atoms with Crippen LogP contribution in [0.2, 0.25) is 0 Å². The number of rotatable bonds is 7. The summed E-state index contributed by atoms with van der Waals surface area (Å²) >= 11 is 0. The molecule has 5 nitrogen and oxygen atoms in total. The molecular formula is C9H19NO4S. The number of hydrogen-bond acceptors (Lipinski definition) is 4. The number of carboxylic acids is 1. The predicted octanol–water partition coefficient (Wildman–Crippen LogP) is 0.262. The van der Waals surface area contributed by atoms with E-state index in [1.54, 1.807) is 6.92 Å². The van der Waals surface area contributed by atoms with Gasteiger partial charge in [0.25, 0.3) is 0 Å². The van der Waals surface area contributed by atoms with Gasteiger partial charge in [-0.05, 0) is 13.3 Å². The Morgan fingerprint density at radius 1 is 1.47 bits per heavy atom. The zero-order valence-electron chi connectivity index (χ0n) is 9.36. The van der Waals surface area contributed by atoms with Gasteiger partial charge >= 0.3 is 5.97 Å². The maximum Gasteiger partial charge on any atom is 0.320 e. The van der Waals surface area contributed by atoms with Gasteiger partial charge in [-0.1, -0.05) is 13.3 Å². The normalized spacial score (nSPS) is 15.9. The lowest BCUT2D eigenvalue weighted by molar-refractivity contribution is -0.139. The van der Waals surface area contributed by atoms with Crippen molar-refractivity contribution in [1.29, 1.82) is 0 Å². The molecular weight excluding hydrogens is 218 g/mol. The van der Waals surface area contributed by atoms with Crippen molar-refractivity contribution in [2.45, 2.75) is 38.8 Å². The SMILES string of the molecule is CCCC(NC(C)CS(C)(=O)=O)C(=O)O. The van der Waals surface area contributed by atoms with Crippen molar-refractivity contribution in [2.75, 3.05) is 12.0 Å². The van der Waals surface area contributed by atoms with E-state index in [4.69, 9.17) is 5.11 Å². The zero-order chi connectivity index (χ0) is 12.1. The van der Waals surface area contributed by atoms with Crippen molar-refractivity contribution in [1.82, 2.24) is 5.32 Å². The van der Waals surface area contributed by atoms with E-state index < -0.39 is 21.8 Å². The van der Waals surface area contributed by atoms with Crippen LogP contribution in [0.5, 0.6) is 0 Å². The van der Waals surface area contributed by atoms with Crippen molar-refractivity contribution in [2.24, 2.45) is 0 Å². The van der Waals surface area contributed by atoms with Gasteiger partial charge in [0.2, 0.25) is 0 Å². The Bertz CT molecular complexity index is 299. The van der Waals surface area contributed by atoms with E-state index in [-0.39, 0.29) is 11.8 Å². The molecule has 2 unspecified atom stereocenters. The second-order valence-corrected chi connectivity index (χ2v) is 6.02. The molecule has 0 spiro atoms. The molecule has 90 valence electrons. The summed E-state index contributed by atoms with van der Waals surface area (Å²) in [5, 5.41) is 11.6. The van der Waals surface area contributed by atoms with Gasteiger partial charge in [0.05, 0.1) is 5.75 Å². The first-order chi connectivity index (χ1) is 6.76. The zero-order valence-corrected chi connectivity index (χ0v) is 10.2. The fraction of sp³-hybridized carbons (Fsp3) is 0.889. The van der Waals surface area contributed by atoms with Crippen LogP contribution in [0.4, 0.5) is 0 Å². The molecule has 0 aromatic heterocycles. The molecule has 0 aromatic carbocycles. The average molecular weight is 237 g/mol. The largest absolute Gasteiger partial charge is 0.480 e. The van der Waals surface area contributed by atoms with E-state index >= 15 is 0 Å². The summed E-state index contributed by atoms with van der Waals surface area (Å²) < 4.78 is 21.9. The summed E-state index contributed by atoms with van der Waals surface area (Å²) in [6.45, 7) is 3.56. The molecule has 0 fully saturated rings. The number of carboxylic acid groups (broad SMARTS) is 1. The van der Waals surface area contributed by atoms with Crippen molar-refractivity contribution in [3.8, 4) is 0 Å². The number of carbonyl (C=O) groups is 1. The Labute approximate surface area is 90.8 Å². The van der Waals surface area contributed by atoms with Crippen LogP contribution in [0.25, 0.3) is 0 Å². The van der Waals surface area contributed by atoms with Crippen LogP contribution in [0, 0.1) is 0 Å². The minimum Gasteiger partial charge on any atom is -0.480 e. The topological polar surface area (TPSA) is 83.5 Å². The maximum absolute atomic E-state index is 11.0. The Hall–Kier alpha value is -0.620. The summed E-state index contributed by atoms with van der Waals surface area (Å²) in [5.74, 6) is -0.974. The summed E-state index contributed by atoms with van der Waals surface area (Å²) in [4.78, 5) is 10.8. The second-order valence-electron chi connectivity index (χ2n) is 3.84. The summed E-state index contributed by atoms with van der Waals surface area (Å²) in [6, 6.07) is -1.00. The van der Waals surface area contributed by atoms with Crippen LogP contribution < -0.4 is 5.32 Å². The average Bonchev–Trinajstić information content (AvgIpc) is 1.99. The lowest BCUT2D eigenvalue weighted by Gasteiger charge is -2.18. The smallest absolute Gasteiger partial charge is 0.320 e. The van der Waals surface area contributed by atoms with Crippen molar-refractivity contribution < 1.29 is 18.3 Å². The first kappa shape index (κ1) is 14.4.